The molecule has 16 heavy (non-hydrogen) atoms. The molecular weight excluding hydrogens is 196 g/mol. The van der Waals surface area contributed by atoms with Gasteiger partial charge in [-0.05, 0) is 45.4 Å². The maximum absolute atomic E-state index is 3.50. The highest BCUT2D eigenvalue weighted by molar-refractivity contribution is 5.54. The molecule has 0 bridgehead atoms. The number of hydrogen-bond donors (Lipinski definition) is 1. The molecule has 0 aliphatic carbocycles. The quantitative estimate of drug-likeness (QED) is 0.779. The normalized spacial score (nSPS) is 26.6. The standard InChI is InChI=1S/C14H22N2/c1-11-6-4-5-7-14(11)16-12(2)8-9-15-10-13(16)3/h4-7,12-13,15H,8-10H2,1-3H3. The van der Waals surface area contributed by atoms with Crippen molar-refractivity contribution < 1.29 is 0 Å². The van der Waals surface area contributed by atoms with Crippen molar-refractivity contribution in [2.45, 2.75) is 39.3 Å². The van der Waals surface area contributed by atoms with Crippen molar-refractivity contribution in [2.75, 3.05) is 18.0 Å². The van der Waals surface area contributed by atoms with Crippen LogP contribution in [0.1, 0.15) is 25.8 Å². The highest BCUT2D eigenvalue weighted by atomic mass is 15.2. The van der Waals surface area contributed by atoms with E-state index in [4.69, 9.17) is 0 Å². The Kier molecular flexibility index (Phi) is 3.49. The fourth-order valence-corrected chi connectivity index (χ4v) is 2.62. The maximum atomic E-state index is 3.50. The van der Waals surface area contributed by atoms with Gasteiger partial charge in [0, 0.05) is 24.3 Å². The van der Waals surface area contributed by atoms with E-state index < -0.39 is 0 Å². The van der Waals surface area contributed by atoms with Crippen LogP contribution < -0.4 is 10.2 Å². The molecule has 1 aliphatic heterocycles. The number of rotatable bonds is 1. The molecule has 1 heterocycles. The van der Waals surface area contributed by atoms with Crippen molar-refractivity contribution in [1.82, 2.24) is 5.32 Å². The van der Waals surface area contributed by atoms with E-state index in [9.17, 15) is 0 Å². The zero-order valence-electron chi connectivity index (χ0n) is 10.5. The van der Waals surface area contributed by atoms with Gasteiger partial charge in [-0.2, -0.15) is 0 Å². The van der Waals surface area contributed by atoms with Crippen LogP contribution in [-0.4, -0.2) is 25.2 Å². The Labute approximate surface area is 98.7 Å². The molecule has 2 nitrogen and oxygen atoms in total. The summed E-state index contributed by atoms with van der Waals surface area (Å²) in [6, 6.07) is 9.88. The average molecular weight is 218 g/mol. The summed E-state index contributed by atoms with van der Waals surface area (Å²) in [4.78, 5) is 2.56. The lowest BCUT2D eigenvalue weighted by Crippen LogP contribution is -2.42. The third-order valence-electron chi connectivity index (χ3n) is 3.52. The molecule has 0 spiro atoms. The Bertz CT molecular complexity index is 336. The van der Waals surface area contributed by atoms with E-state index in [1.54, 1.807) is 0 Å². The van der Waals surface area contributed by atoms with Crippen molar-refractivity contribution in [2.24, 2.45) is 0 Å². The largest absolute Gasteiger partial charge is 0.365 e. The second kappa shape index (κ2) is 4.88. The first-order valence-corrected chi connectivity index (χ1v) is 6.25. The van der Waals surface area contributed by atoms with E-state index in [2.05, 4.69) is 55.3 Å². The van der Waals surface area contributed by atoms with E-state index in [0.29, 0.717) is 12.1 Å². The fraction of sp³-hybridized carbons (Fsp3) is 0.571. The summed E-state index contributed by atoms with van der Waals surface area (Å²) in [5, 5.41) is 3.50. The van der Waals surface area contributed by atoms with Crippen LogP contribution in [0.5, 0.6) is 0 Å². The predicted molar refractivity (Wildman–Crippen MR) is 70.1 cm³/mol. The Morgan fingerprint density at radius 2 is 1.94 bits per heavy atom. The van der Waals surface area contributed by atoms with Gasteiger partial charge in [0.25, 0.3) is 0 Å². The number of nitrogens with one attached hydrogen (secondary N) is 1. The predicted octanol–water partition coefficient (Wildman–Crippen LogP) is 2.57. The molecule has 1 aliphatic rings. The highest BCUT2D eigenvalue weighted by Crippen LogP contribution is 2.25. The lowest BCUT2D eigenvalue weighted by atomic mass is 10.1. The van der Waals surface area contributed by atoms with Crippen molar-refractivity contribution >= 4 is 5.69 Å². The summed E-state index contributed by atoms with van der Waals surface area (Å²) in [6.07, 6.45) is 1.22. The Morgan fingerprint density at radius 1 is 1.19 bits per heavy atom. The summed E-state index contributed by atoms with van der Waals surface area (Å²) in [5.74, 6) is 0. The molecule has 2 rings (SSSR count). The fourth-order valence-electron chi connectivity index (χ4n) is 2.62. The van der Waals surface area contributed by atoms with Crippen molar-refractivity contribution in [3.05, 3.63) is 29.8 Å². The van der Waals surface area contributed by atoms with E-state index in [1.807, 2.05) is 0 Å². The molecule has 1 aromatic carbocycles. The zero-order valence-corrected chi connectivity index (χ0v) is 10.5. The third kappa shape index (κ3) is 2.22. The molecule has 1 aromatic rings. The number of aryl methyl sites for hydroxylation is 1. The maximum Gasteiger partial charge on any atom is 0.0401 e. The molecule has 0 radical (unpaired) electrons. The summed E-state index contributed by atoms with van der Waals surface area (Å²) >= 11 is 0. The highest BCUT2D eigenvalue weighted by Gasteiger charge is 2.23. The van der Waals surface area contributed by atoms with Crippen molar-refractivity contribution in [3.8, 4) is 0 Å². The minimum Gasteiger partial charge on any atom is -0.365 e. The average Bonchev–Trinajstić information content (AvgIpc) is 2.42. The Hall–Kier alpha value is -1.02. The molecular formula is C14H22N2. The molecule has 0 amide bonds. The van der Waals surface area contributed by atoms with Crippen LogP contribution in [-0.2, 0) is 0 Å². The Balaban J connectivity index is 2.32. The van der Waals surface area contributed by atoms with Crippen LogP contribution in [0, 0.1) is 6.92 Å². The second-order valence-corrected chi connectivity index (χ2v) is 4.88. The molecule has 2 unspecified atom stereocenters. The van der Waals surface area contributed by atoms with Gasteiger partial charge < -0.3 is 10.2 Å². The minimum absolute atomic E-state index is 0.568. The van der Waals surface area contributed by atoms with Crippen LogP contribution in [0.15, 0.2) is 24.3 Å². The number of hydrogen-bond acceptors (Lipinski definition) is 2. The number of benzene rings is 1. The van der Waals surface area contributed by atoms with Gasteiger partial charge in [-0.25, -0.2) is 0 Å². The van der Waals surface area contributed by atoms with Crippen molar-refractivity contribution in [1.29, 1.82) is 0 Å². The van der Waals surface area contributed by atoms with Crippen LogP contribution in [0.3, 0.4) is 0 Å². The third-order valence-corrected chi connectivity index (χ3v) is 3.52. The summed E-state index contributed by atoms with van der Waals surface area (Å²) in [6.45, 7) is 9.05. The molecule has 0 aromatic heterocycles. The molecule has 1 saturated heterocycles. The summed E-state index contributed by atoms with van der Waals surface area (Å²) < 4.78 is 0. The van der Waals surface area contributed by atoms with Crippen LogP contribution in [0.25, 0.3) is 0 Å². The lowest BCUT2D eigenvalue weighted by molar-refractivity contribution is 0.574. The van der Waals surface area contributed by atoms with E-state index in [0.717, 1.165) is 13.1 Å². The summed E-state index contributed by atoms with van der Waals surface area (Å²) in [5.41, 5.74) is 2.77. The second-order valence-electron chi connectivity index (χ2n) is 4.88. The topological polar surface area (TPSA) is 15.3 Å². The first kappa shape index (κ1) is 11.5. The van der Waals surface area contributed by atoms with Crippen LogP contribution >= 0.6 is 0 Å². The van der Waals surface area contributed by atoms with Gasteiger partial charge in [-0.3, -0.25) is 0 Å². The van der Waals surface area contributed by atoms with Crippen LogP contribution in [0.2, 0.25) is 0 Å². The summed E-state index contributed by atoms with van der Waals surface area (Å²) in [7, 11) is 0. The molecule has 2 heteroatoms. The number of para-hydroxylation sites is 1. The first-order chi connectivity index (χ1) is 7.70. The van der Waals surface area contributed by atoms with Gasteiger partial charge >= 0.3 is 0 Å². The van der Waals surface area contributed by atoms with Gasteiger partial charge in [-0.1, -0.05) is 18.2 Å². The minimum atomic E-state index is 0.568. The molecule has 1 fully saturated rings. The van der Waals surface area contributed by atoms with E-state index in [1.165, 1.54) is 17.7 Å². The zero-order chi connectivity index (χ0) is 11.5. The SMILES string of the molecule is Cc1ccccc1N1C(C)CCNCC1C. The smallest absolute Gasteiger partial charge is 0.0401 e. The van der Waals surface area contributed by atoms with Crippen LogP contribution in [0.4, 0.5) is 5.69 Å². The molecule has 1 N–H and O–H groups in total. The van der Waals surface area contributed by atoms with Gasteiger partial charge in [0.1, 0.15) is 0 Å². The monoisotopic (exact) mass is 218 g/mol. The lowest BCUT2D eigenvalue weighted by Gasteiger charge is -2.35. The van der Waals surface area contributed by atoms with Gasteiger partial charge in [0.05, 0.1) is 0 Å². The molecule has 0 saturated carbocycles. The van der Waals surface area contributed by atoms with E-state index in [-0.39, 0.29) is 0 Å². The van der Waals surface area contributed by atoms with Crippen molar-refractivity contribution in [3.63, 3.8) is 0 Å². The molecule has 88 valence electrons. The number of nitrogens with zero attached hydrogens (tertiary/aromatic N) is 1. The van der Waals surface area contributed by atoms with E-state index >= 15 is 0 Å². The number of anilines is 1. The van der Waals surface area contributed by atoms with Gasteiger partial charge in [0.15, 0.2) is 0 Å². The molecule has 2 atom stereocenters. The van der Waals surface area contributed by atoms with Gasteiger partial charge in [-0.15, -0.1) is 0 Å². The first-order valence-electron chi connectivity index (χ1n) is 6.25. The van der Waals surface area contributed by atoms with Gasteiger partial charge in [0.2, 0.25) is 0 Å². The Morgan fingerprint density at radius 3 is 2.69 bits per heavy atom.